The molecule has 0 N–H and O–H groups in total. The minimum absolute atomic E-state index is 0.190. The van der Waals surface area contributed by atoms with Crippen LogP contribution in [0, 0.1) is 0 Å². The predicted octanol–water partition coefficient (Wildman–Crippen LogP) is 6.46. The second-order valence-corrected chi connectivity index (χ2v) is 6.42. The number of aromatic nitrogens is 1. The summed E-state index contributed by atoms with van der Waals surface area (Å²) in [5.74, 6) is -0.448. The molecular weight excluding hydrogens is 377 g/mol. The van der Waals surface area contributed by atoms with Gasteiger partial charge in [0.1, 0.15) is 5.75 Å². The van der Waals surface area contributed by atoms with Crippen molar-refractivity contribution in [2.24, 2.45) is 4.99 Å². The minimum atomic E-state index is -4.66. The summed E-state index contributed by atoms with van der Waals surface area (Å²) in [5, 5.41) is 0.707. The summed E-state index contributed by atoms with van der Waals surface area (Å²) in [7, 11) is 1.50. The molecular formula is C23H17F3N2O. The van der Waals surface area contributed by atoms with E-state index in [1.54, 1.807) is 66.7 Å². The number of aliphatic imine (C=N–C) groups is 1. The molecule has 0 atom stereocenters. The van der Waals surface area contributed by atoms with Crippen LogP contribution in [0.15, 0.2) is 89.9 Å². The molecule has 146 valence electrons. The fourth-order valence-electron chi connectivity index (χ4n) is 3.22. The van der Waals surface area contributed by atoms with Gasteiger partial charge in [-0.15, -0.1) is 0 Å². The molecule has 0 bridgehead atoms. The number of para-hydroxylation sites is 1. The second-order valence-electron chi connectivity index (χ2n) is 6.42. The summed E-state index contributed by atoms with van der Waals surface area (Å²) in [5.41, 5.74) is 1.73. The lowest BCUT2D eigenvalue weighted by Gasteiger charge is -2.17. The Balaban J connectivity index is 1.98. The van der Waals surface area contributed by atoms with Crippen LogP contribution in [-0.4, -0.2) is 23.7 Å². The van der Waals surface area contributed by atoms with E-state index in [0.717, 1.165) is 0 Å². The molecule has 29 heavy (non-hydrogen) atoms. The Bertz CT molecular complexity index is 1160. The first-order valence-corrected chi connectivity index (χ1v) is 8.93. The Morgan fingerprint density at radius 1 is 0.862 bits per heavy atom. The summed E-state index contributed by atoms with van der Waals surface area (Å²) in [6.45, 7) is 0. The van der Waals surface area contributed by atoms with Gasteiger partial charge in [-0.05, 0) is 42.0 Å². The molecule has 0 unspecified atom stereocenters. The number of ether oxygens (including phenoxy) is 1. The first kappa shape index (κ1) is 18.8. The van der Waals surface area contributed by atoms with Gasteiger partial charge in [-0.1, -0.05) is 48.5 Å². The maximum absolute atomic E-state index is 14.2. The summed E-state index contributed by atoms with van der Waals surface area (Å²) >= 11 is 0. The van der Waals surface area contributed by atoms with Gasteiger partial charge in [0.05, 0.1) is 24.0 Å². The zero-order valence-corrected chi connectivity index (χ0v) is 15.5. The van der Waals surface area contributed by atoms with Gasteiger partial charge in [0.15, 0.2) is 0 Å². The summed E-state index contributed by atoms with van der Waals surface area (Å²) in [6, 6.07) is 23.9. The molecule has 0 saturated carbocycles. The molecule has 0 amide bonds. The van der Waals surface area contributed by atoms with Gasteiger partial charge in [0, 0.05) is 5.39 Å². The highest BCUT2D eigenvalue weighted by atomic mass is 19.4. The van der Waals surface area contributed by atoms with Crippen molar-refractivity contribution < 1.29 is 17.9 Å². The normalized spacial score (nSPS) is 12.3. The second kappa shape index (κ2) is 7.47. The number of alkyl halides is 3. The maximum Gasteiger partial charge on any atom is 0.450 e. The molecule has 0 aliphatic heterocycles. The average molecular weight is 394 g/mol. The maximum atomic E-state index is 14.2. The number of fused-ring (bicyclic) bond motifs is 1. The number of methoxy groups -OCH3 is 1. The van der Waals surface area contributed by atoms with Crippen LogP contribution in [-0.2, 0) is 0 Å². The van der Waals surface area contributed by atoms with Gasteiger partial charge in [-0.25, -0.2) is 4.99 Å². The van der Waals surface area contributed by atoms with E-state index >= 15 is 0 Å². The predicted molar refractivity (Wildman–Crippen MR) is 109 cm³/mol. The van der Waals surface area contributed by atoms with Crippen LogP contribution in [0.4, 0.5) is 18.9 Å². The topological polar surface area (TPSA) is 26.5 Å². The van der Waals surface area contributed by atoms with Crippen LogP contribution in [0.2, 0.25) is 0 Å². The summed E-state index contributed by atoms with van der Waals surface area (Å²) in [6.07, 6.45) is -4.66. The van der Waals surface area contributed by atoms with Crippen LogP contribution in [0.5, 0.6) is 5.75 Å². The van der Waals surface area contributed by atoms with Gasteiger partial charge in [0.2, 0.25) is 5.84 Å². The third kappa shape index (κ3) is 3.74. The minimum Gasteiger partial charge on any atom is -0.497 e. The van der Waals surface area contributed by atoms with Crippen molar-refractivity contribution in [3.63, 3.8) is 0 Å². The van der Waals surface area contributed by atoms with E-state index in [9.17, 15) is 13.2 Å². The standard InChI is InChI=1S/C23H17F3N2O/c1-29-19-13-11-18(12-14-19)27-22(23(24,25)26)28-20-10-6-5-9-17(20)15-21(28)16-7-3-2-4-8-16/h2-15H,1H3. The Labute approximate surface area is 165 Å². The largest absolute Gasteiger partial charge is 0.497 e. The summed E-state index contributed by atoms with van der Waals surface area (Å²) < 4.78 is 48.7. The third-order valence-electron chi connectivity index (χ3n) is 4.55. The Kier molecular flexibility index (Phi) is 4.84. The average Bonchev–Trinajstić information content (AvgIpc) is 3.11. The van der Waals surface area contributed by atoms with E-state index in [1.807, 2.05) is 6.07 Å². The first-order valence-electron chi connectivity index (χ1n) is 8.93. The van der Waals surface area contributed by atoms with E-state index in [4.69, 9.17) is 4.74 Å². The lowest BCUT2D eigenvalue weighted by Crippen LogP contribution is -2.30. The van der Waals surface area contributed by atoms with E-state index in [-0.39, 0.29) is 5.69 Å². The Hall–Kier alpha value is -3.54. The molecule has 0 saturated heterocycles. The number of hydrogen-bond acceptors (Lipinski definition) is 2. The van der Waals surface area contributed by atoms with E-state index in [0.29, 0.717) is 27.9 Å². The zero-order valence-electron chi connectivity index (χ0n) is 15.5. The van der Waals surface area contributed by atoms with Gasteiger partial charge in [0.25, 0.3) is 0 Å². The molecule has 0 fully saturated rings. The monoisotopic (exact) mass is 394 g/mol. The number of halogens is 3. The fourth-order valence-corrected chi connectivity index (χ4v) is 3.22. The third-order valence-corrected chi connectivity index (χ3v) is 4.55. The number of nitrogens with zero attached hydrogens (tertiary/aromatic N) is 2. The van der Waals surface area contributed by atoms with Crippen molar-refractivity contribution in [3.05, 3.63) is 84.9 Å². The van der Waals surface area contributed by atoms with Crippen LogP contribution >= 0.6 is 0 Å². The molecule has 0 spiro atoms. The molecule has 1 aromatic heterocycles. The van der Waals surface area contributed by atoms with Crippen molar-refractivity contribution in [3.8, 4) is 17.0 Å². The number of rotatable bonds is 3. The van der Waals surface area contributed by atoms with Crippen molar-refractivity contribution in [1.82, 2.24) is 4.57 Å². The quantitative estimate of drug-likeness (QED) is 0.289. The van der Waals surface area contributed by atoms with Crippen molar-refractivity contribution in [2.75, 3.05) is 7.11 Å². The highest BCUT2D eigenvalue weighted by Gasteiger charge is 2.39. The van der Waals surface area contributed by atoms with Crippen molar-refractivity contribution in [2.45, 2.75) is 6.18 Å². The molecule has 1 heterocycles. The molecule has 3 aromatic carbocycles. The van der Waals surface area contributed by atoms with Crippen molar-refractivity contribution >= 4 is 22.4 Å². The van der Waals surface area contributed by atoms with Gasteiger partial charge in [-0.3, -0.25) is 4.57 Å². The molecule has 4 rings (SSSR count). The van der Waals surface area contributed by atoms with E-state index in [1.165, 1.54) is 23.8 Å². The Morgan fingerprint density at radius 3 is 2.17 bits per heavy atom. The van der Waals surface area contributed by atoms with Gasteiger partial charge in [-0.2, -0.15) is 13.2 Å². The van der Waals surface area contributed by atoms with Crippen LogP contribution < -0.4 is 4.74 Å². The van der Waals surface area contributed by atoms with Crippen LogP contribution in [0.3, 0.4) is 0 Å². The molecule has 4 aromatic rings. The molecule has 0 aliphatic rings. The molecule has 0 aliphatic carbocycles. The fraction of sp³-hybridized carbons (Fsp3) is 0.0870. The first-order chi connectivity index (χ1) is 14.0. The summed E-state index contributed by atoms with van der Waals surface area (Å²) in [4.78, 5) is 3.98. The van der Waals surface area contributed by atoms with Gasteiger partial charge < -0.3 is 4.74 Å². The lowest BCUT2D eigenvalue weighted by molar-refractivity contribution is -0.0612. The lowest BCUT2D eigenvalue weighted by atomic mass is 10.1. The highest BCUT2D eigenvalue weighted by molar-refractivity contribution is 6.03. The molecule has 3 nitrogen and oxygen atoms in total. The number of benzene rings is 3. The van der Waals surface area contributed by atoms with Gasteiger partial charge >= 0.3 is 6.18 Å². The highest BCUT2D eigenvalue weighted by Crippen LogP contribution is 2.33. The van der Waals surface area contributed by atoms with Crippen LogP contribution in [0.1, 0.15) is 0 Å². The zero-order chi connectivity index (χ0) is 20.4. The van der Waals surface area contributed by atoms with Crippen LogP contribution in [0.25, 0.3) is 22.2 Å². The SMILES string of the molecule is COc1ccc(N=C(n2c(-c3ccccc3)cc3ccccc32)C(F)(F)F)cc1. The smallest absolute Gasteiger partial charge is 0.450 e. The molecule has 6 heteroatoms. The van der Waals surface area contributed by atoms with E-state index < -0.39 is 12.0 Å². The Morgan fingerprint density at radius 2 is 1.52 bits per heavy atom. The van der Waals surface area contributed by atoms with E-state index in [2.05, 4.69) is 4.99 Å². The number of hydrogen-bond donors (Lipinski definition) is 0. The van der Waals surface area contributed by atoms with Crippen molar-refractivity contribution in [1.29, 1.82) is 0 Å². The molecule has 0 radical (unpaired) electrons.